The van der Waals surface area contributed by atoms with E-state index < -0.39 is 0 Å². The van der Waals surface area contributed by atoms with Gasteiger partial charge in [0.1, 0.15) is 5.58 Å². The second-order valence-electron chi connectivity index (χ2n) is 9.41. The van der Waals surface area contributed by atoms with Crippen molar-refractivity contribution in [3.63, 3.8) is 0 Å². The summed E-state index contributed by atoms with van der Waals surface area (Å²) in [7, 11) is 0. The van der Waals surface area contributed by atoms with Gasteiger partial charge in [0.2, 0.25) is 5.91 Å². The Hall–Kier alpha value is -3.90. The lowest BCUT2D eigenvalue weighted by Crippen LogP contribution is -2.29. The molecule has 3 aromatic carbocycles. The molecule has 6 nitrogen and oxygen atoms in total. The molecule has 1 aliphatic heterocycles. The van der Waals surface area contributed by atoms with E-state index in [4.69, 9.17) is 4.42 Å². The molecule has 2 amide bonds. The Balaban J connectivity index is 1.08. The summed E-state index contributed by atoms with van der Waals surface area (Å²) in [5, 5.41) is 6.72. The maximum absolute atomic E-state index is 12.5. The Labute approximate surface area is 211 Å². The molecule has 5 rings (SSSR count). The van der Waals surface area contributed by atoms with Crippen molar-refractivity contribution >= 4 is 28.5 Å². The summed E-state index contributed by atoms with van der Waals surface area (Å²) in [6.45, 7) is 3.88. The van der Waals surface area contributed by atoms with Crippen molar-refractivity contribution in [1.82, 2.24) is 10.2 Å². The van der Waals surface area contributed by atoms with Crippen LogP contribution in [0.2, 0.25) is 0 Å². The molecule has 0 atom stereocenters. The summed E-state index contributed by atoms with van der Waals surface area (Å²) in [6.07, 6.45) is 4.22. The van der Waals surface area contributed by atoms with Crippen LogP contribution in [0.25, 0.3) is 11.0 Å². The summed E-state index contributed by atoms with van der Waals surface area (Å²) in [6, 6.07) is 25.0. The van der Waals surface area contributed by atoms with Gasteiger partial charge >= 0.3 is 0 Å². The van der Waals surface area contributed by atoms with E-state index in [1.807, 2.05) is 36.4 Å². The second-order valence-corrected chi connectivity index (χ2v) is 9.41. The Morgan fingerprint density at radius 1 is 0.806 bits per heavy atom. The minimum Gasteiger partial charge on any atom is -0.451 e. The first-order valence-corrected chi connectivity index (χ1v) is 12.6. The highest BCUT2D eigenvalue weighted by molar-refractivity contribution is 6.04. The van der Waals surface area contributed by atoms with Crippen molar-refractivity contribution < 1.29 is 14.0 Å². The molecule has 6 heteroatoms. The molecule has 0 unspecified atom stereocenters. The van der Waals surface area contributed by atoms with Crippen LogP contribution in [0.15, 0.2) is 83.3 Å². The number of nitrogens with zero attached hydrogens (tertiary/aromatic N) is 1. The van der Waals surface area contributed by atoms with E-state index >= 15 is 0 Å². The number of carbonyl (C=O) groups excluding carboxylic acids is 2. The van der Waals surface area contributed by atoms with Gasteiger partial charge < -0.3 is 15.1 Å². The van der Waals surface area contributed by atoms with Gasteiger partial charge in [-0.1, -0.05) is 61.0 Å². The first-order chi connectivity index (χ1) is 17.6. The molecular formula is C30H31N3O3. The van der Waals surface area contributed by atoms with Gasteiger partial charge in [-0.3, -0.25) is 14.5 Å². The summed E-state index contributed by atoms with van der Waals surface area (Å²) >= 11 is 0. The number of fused-ring (bicyclic) bond motifs is 1. The quantitative estimate of drug-likeness (QED) is 0.347. The number of carbonyl (C=O) groups is 2. The number of nitrogens with one attached hydrogen (secondary N) is 2. The Kier molecular flexibility index (Phi) is 7.43. The largest absolute Gasteiger partial charge is 0.451 e. The number of benzene rings is 3. The van der Waals surface area contributed by atoms with Crippen LogP contribution in [0, 0.1) is 0 Å². The lowest BCUT2D eigenvalue weighted by molar-refractivity contribution is -0.120. The SMILES string of the molecule is O=C(Cc1ccc(NC(=O)c2cc3ccccc3o2)cc1)NCc1ccc(CN2CCCCC2)cc1. The summed E-state index contributed by atoms with van der Waals surface area (Å²) in [4.78, 5) is 27.5. The molecule has 0 aliphatic carbocycles. The van der Waals surface area contributed by atoms with Crippen molar-refractivity contribution in [2.75, 3.05) is 18.4 Å². The molecule has 1 aromatic heterocycles. The van der Waals surface area contributed by atoms with Gasteiger partial charge in [0.05, 0.1) is 6.42 Å². The predicted molar refractivity (Wildman–Crippen MR) is 142 cm³/mol. The van der Waals surface area contributed by atoms with E-state index in [2.05, 4.69) is 39.8 Å². The normalized spacial score (nSPS) is 14.0. The van der Waals surface area contributed by atoms with Gasteiger partial charge in [0.15, 0.2) is 5.76 Å². The van der Waals surface area contributed by atoms with Crippen molar-refractivity contribution in [2.24, 2.45) is 0 Å². The van der Waals surface area contributed by atoms with Crippen LogP contribution < -0.4 is 10.6 Å². The third-order valence-corrected chi connectivity index (χ3v) is 6.59. The van der Waals surface area contributed by atoms with Crippen LogP contribution in [0.1, 0.15) is 46.5 Å². The third kappa shape index (κ3) is 6.20. The Morgan fingerprint density at radius 3 is 2.25 bits per heavy atom. The number of furan rings is 1. The molecule has 1 fully saturated rings. The summed E-state index contributed by atoms with van der Waals surface area (Å²) < 4.78 is 5.62. The average molecular weight is 482 g/mol. The number of piperidine rings is 1. The average Bonchev–Trinajstić information content (AvgIpc) is 3.35. The first-order valence-electron chi connectivity index (χ1n) is 12.6. The van der Waals surface area contributed by atoms with Gasteiger partial charge in [-0.25, -0.2) is 0 Å². The predicted octanol–water partition coefficient (Wildman–Crippen LogP) is 5.53. The van der Waals surface area contributed by atoms with E-state index in [-0.39, 0.29) is 24.0 Å². The number of rotatable bonds is 8. The number of anilines is 1. The van der Waals surface area contributed by atoms with Crippen LogP contribution >= 0.6 is 0 Å². The molecule has 184 valence electrons. The summed E-state index contributed by atoms with van der Waals surface area (Å²) in [5.41, 5.74) is 4.62. The van der Waals surface area contributed by atoms with E-state index in [0.29, 0.717) is 17.8 Å². The molecule has 2 heterocycles. The smallest absolute Gasteiger partial charge is 0.291 e. The number of amides is 2. The summed E-state index contributed by atoms with van der Waals surface area (Å²) in [5.74, 6) is -0.0794. The van der Waals surface area contributed by atoms with Gasteiger partial charge in [-0.2, -0.15) is 0 Å². The minimum atomic E-state index is -0.307. The van der Waals surface area contributed by atoms with Gasteiger partial charge in [-0.05, 0) is 66.9 Å². The Bertz CT molecular complexity index is 1290. The van der Waals surface area contributed by atoms with E-state index in [0.717, 1.165) is 23.1 Å². The lowest BCUT2D eigenvalue weighted by atomic mass is 10.1. The fraction of sp³-hybridized carbons (Fsp3) is 0.267. The highest BCUT2D eigenvalue weighted by atomic mass is 16.3. The number of hydrogen-bond acceptors (Lipinski definition) is 4. The molecule has 0 saturated carbocycles. The molecule has 0 spiro atoms. The zero-order valence-corrected chi connectivity index (χ0v) is 20.3. The van der Waals surface area contributed by atoms with Crippen LogP contribution in [-0.4, -0.2) is 29.8 Å². The molecule has 4 aromatic rings. The van der Waals surface area contributed by atoms with Crippen molar-refractivity contribution in [3.8, 4) is 0 Å². The lowest BCUT2D eigenvalue weighted by Gasteiger charge is -2.26. The minimum absolute atomic E-state index is 0.0357. The number of hydrogen-bond donors (Lipinski definition) is 2. The molecule has 1 saturated heterocycles. The first kappa shape index (κ1) is 23.8. The van der Waals surface area contributed by atoms with E-state index in [1.54, 1.807) is 18.2 Å². The van der Waals surface area contributed by atoms with Crippen molar-refractivity contribution in [2.45, 2.75) is 38.8 Å². The molecule has 0 radical (unpaired) electrons. The maximum atomic E-state index is 12.5. The molecular weight excluding hydrogens is 450 g/mol. The van der Waals surface area contributed by atoms with E-state index in [9.17, 15) is 9.59 Å². The number of likely N-dealkylation sites (tertiary alicyclic amines) is 1. The molecule has 36 heavy (non-hydrogen) atoms. The van der Waals surface area contributed by atoms with Crippen LogP contribution in [-0.2, 0) is 24.3 Å². The fourth-order valence-electron chi connectivity index (χ4n) is 4.58. The van der Waals surface area contributed by atoms with Crippen molar-refractivity contribution in [1.29, 1.82) is 0 Å². The molecule has 1 aliphatic rings. The van der Waals surface area contributed by atoms with E-state index in [1.165, 1.54) is 37.9 Å². The van der Waals surface area contributed by atoms with Gasteiger partial charge in [-0.15, -0.1) is 0 Å². The Morgan fingerprint density at radius 2 is 1.50 bits per heavy atom. The zero-order chi connectivity index (χ0) is 24.7. The zero-order valence-electron chi connectivity index (χ0n) is 20.3. The standard InChI is InChI=1S/C30H31N3O3/c34-29(31-20-23-8-10-24(11-9-23)21-33-16-4-1-5-17-33)18-22-12-14-26(15-13-22)32-30(35)28-19-25-6-2-3-7-27(25)36-28/h2-3,6-15,19H,1,4-5,16-18,20-21H2,(H,31,34)(H,32,35). The fourth-order valence-corrected chi connectivity index (χ4v) is 4.58. The monoisotopic (exact) mass is 481 g/mol. The van der Waals surface area contributed by atoms with Crippen molar-refractivity contribution in [3.05, 3.63) is 101 Å². The van der Waals surface area contributed by atoms with Crippen LogP contribution in [0.3, 0.4) is 0 Å². The van der Waals surface area contributed by atoms with Gasteiger partial charge in [0, 0.05) is 24.2 Å². The molecule has 0 bridgehead atoms. The maximum Gasteiger partial charge on any atom is 0.291 e. The van der Waals surface area contributed by atoms with Crippen LogP contribution in [0.5, 0.6) is 0 Å². The highest BCUT2D eigenvalue weighted by Crippen LogP contribution is 2.20. The highest BCUT2D eigenvalue weighted by Gasteiger charge is 2.13. The topological polar surface area (TPSA) is 74.6 Å². The van der Waals surface area contributed by atoms with Gasteiger partial charge in [0.25, 0.3) is 5.91 Å². The second kappa shape index (κ2) is 11.2. The number of para-hydroxylation sites is 1. The van der Waals surface area contributed by atoms with Crippen LogP contribution in [0.4, 0.5) is 5.69 Å². The third-order valence-electron chi connectivity index (χ3n) is 6.59. The molecule has 2 N–H and O–H groups in total.